The second-order valence-corrected chi connectivity index (χ2v) is 7.32. The van der Waals surface area contributed by atoms with Crippen LogP contribution in [0.3, 0.4) is 0 Å². The molecular weight excluding hydrogens is 354 g/mol. The largest absolute Gasteiger partial charge is 0.275 e. The monoisotopic (exact) mass is 379 g/mol. The van der Waals surface area contributed by atoms with Crippen molar-refractivity contribution in [2.45, 2.75) is 26.2 Å². The van der Waals surface area contributed by atoms with Crippen molar-refractivity contribution in [2.24, 2.45) is 0 Å². The lowest BCUT2D eigenvalue weighted by molar-refractivity contribution is 0.0958. The smallest absolute Gasteiger partial charge is 0.258 e. The van der Waals surface area contributed by atoms with Crippen molar-refractivity contribution < 1.29 is 4.79 Å². The van der Waals surface area contributed by atoms with E-state index in [-0.39, 0.29) is 5.91 Å². The molecule has 0 aliphatic carbocycles. The first-order chi connectivity index (χ1) is 14.2. The molecule has 0 amide bonds. The maximum absolute atomic E-state index is 13.6. The number of rotatable bonds is 6. The topological polar surface area (TPSA) is 22.0 Å². The number of unbranched alkanes of at least 4 members (excludes halogenated alkanes) is 1. The van der Waals surface area contributed by atoms with Crippen LogP contribution < -0.4 is 0 Å². The molecule has 0 saturated carbocycles. The Morgan fingerprint density at radius 2 is 1.41 bits per heavy atom. The minimum Gasteiger partial charge on any atom is -0.275 e. The van der Waals surface area contributed by atoms with Gasteiger partial charge in [0.15, 0.2) is 0 Å². The Kier molecular flexibility index (Phi) is 5.44. The first-order valence-corrected chi connectivity index (χ1v) is 10.2. The van der Waals surface area contributed by atoms with E-state index in [2.05, 4.69) is 43.8 Å². The van der Waals surface area contributed by atoms with Crippen molar-refractivity contribution in [1.29, 1.82) is 0 Å². The van der Waals surface area contributed by atoms with E-state index < -0.39 is 0 Å². The average Bonchev–Trinajstić information content (AvgIpc) is 3.13. The number of nitrogens with zero attached hydrogens (tertiary/aromatic N) is 1. The van der Waals surface area contributed by atoms with Crippen molar-refractivity contribution in [1.82, 2.24) is 4.57 Å². The van der Waals surface area contributed by atoms with Gasteiger partial charge in [-0.15, -0.1) is 0 Å². The maximum atomic E-state index is 13.6. The number of para-hydroxylation sites is 1. The van der Waals surface area contributed by atoms with Crippen LogP contribution in [0.15, 0.2) is 97.1 Å². The second kappa shape index (κ2) is 8.32. The van der Waals surface area contributed by atoms with Crippen molar-refractivity contribution in [3.63, 3.8) is 0 Å². The Balaban J connectivity index is 2.05. The summed E-state index contributed by atoms with van der Waals surface area (Å²) in [6.45, 7) is 6.25. The fourth-order valence-electron chi connectivity index (χ4n) is 3.87. The number of carbonyl (C=O) groups is 1. The minimum atomic E-state index is -0.0179. The van der Waals surface area contributed by atoms with Crippen molar-refractivity contribution >= 4 is 16.8 Å². The molecule has 4 aromatic rings. The van der Waals surface area contributed by atoms with Gasteiger partial charge in [-0.1, -0.05) is 98.8 Å². The Morgan fingerprint density at radius 3 is 2.07 bits per heavy atom. The molecule has 2 nitrogen and oxygen atoms in total. The van der Waals surface area contributed by atoms with Crippen molar-refractivity contribution in [3.8, 4) is 22.4 Å². The van der Waals surface area contributed by atoms with E-state index >= 15 is 0 Å². The molecule has 144 valence electrons. The average molecular weight is 380 g/mol. The Labute approximate surface area is 172 Å². The number of allylic oxidation sites excluding steroid dienone is 1. The van der Waals surface area contributed by atoms with Crippen LogP contribution in [-0.4, -0.2) is 10.5 Å². The van der Waals surface area contributed by atoms with Crippen LogP contribution in [0.5, 0.6) is 0 Å². The van der Waals surface area contributed by atoms with Crippen molar-refractivity contribution in [3.05, 3.63) is 97.1 Å². The van der Waals surface area contributed by atoms with Crippen LogP contribution >= 0.6 is 0 Å². The van der Waals surface area contributed by atoms with Crippen LogP contribution in [0.1, 0.15) is 31.0 Å². The van der Waals surface area contributed by atoms with E-state index in [1.807, 2.05) is 59.2 Å². The van der Waals surface area contributed by atoms with E-state index in [0.717, 1.165) is 52.5 Å². The number of hydrogen-bond donors (Lipinski definition) is 0. The van der Waals surface area contributed by atoms with Gasteiger partial charge in [0.2, 0.25) is 0 Å². The molecule has 0 atom stereocenters. The summed E-state index contributed by atoms with van der Waals surface area (Å²) in [5.74, 6) is -0.0179. The lowest BCUT2D eigenvalue weighted by Gasteiger charge is -2.13. The molecule has 3 aromatic carbocycles. The van der Waals surface area contributed by atoms with Gasteiger partial charge in [0, 0.05) is 16.5 Å². The van der Waals surface area contributed by atoms with E-state index in [1.165, 1.54) is 0 Å². The molecule has 0 saturated heterocycles. The summed E-state index contributed by atoms with van der Waals surface area (Å²) in [6.07, 6.45) is 2.73. The summed E-state index contributed by atoms with van der Waals surface area (Å²) in [5, 5.41) is 1.08. The van der Waals surface area contributed by atoms with E-state index in [4.69, 9.17) is 0 Å². The first-order valence-electron chi connectivity index (χ1n) is 10.2. The summed E-state index contributed by atoms with van der Waals surface area (Å²) in [7, 11) is 0. The van der Waals surface area contributed by atoms with Crippen LogP contribution in [-0.2, 0) is 0 Å². The molecule has 1 aromatic heterocycles. The predicted octanol–water partition coefficient (Wildman–Crippen LogP) is 7.36. The molecule has 1 heterocycles. The van der Waals surface area contributed by atoms with Gasteiger partial charge in [-0.3, -0.25) is 9.36 Å². The molecule has 0 fully saturated rings. The lowest BCUT2D eigenvalue weighted by Crippen LogP contribution is -2.14. The second-order valence-electron chi connectivity index (χ2n) is 7.32. The SMILES string of the molecule is C=C(CCCC)C(=O)n1c(-c2ccccc2)c(-c2ccccc2)c2ccccc21. The summed E-state index contributed by atoms with van der Waals surface area (Å²) >= 11 is 0. The maximum Gasteiger partial charge on any atom is 0.258 e. The molecule has 2 heteroatoms. The molecule has 0 bridgehead atoms. The molecule has 0 aliphatic rings. The third kappa shape index (κ3) is 3.54. The summed E-state index contributed by atoms with van der Waals surface area (Å²) in [6, 6.07) is 28.6. The lowest BCUT2D eigenvalue weighted by atomic mass is 9.98. The molecule has 0 spiro atoms. The Bertz CT molecular complexity index is 1150. The van der Waals surface area contributed by atoms with Gasteiger partial charge in [-0.05, 0) is 30.0 Å². The van der Waals surface area contributed by atoms with E-state index in [0.29, 0.717) is 5.57 Å². The van der Waals surface area contributed by atoms with Gasteiger partial charge in [0.1, 0.15) is 0 Å². The predicted molar refractivity (Wildman–Crippen MR) is 122 cm³/mol. The van der Waals surface area contributed by atoms with Crippen LogP contribution in [0.4, 0.5) is 0 Å². The number of carbonyl (C=O) groups excluding carboxylic acids is 1. The normalized spacial score (nSPS) is 10.9. The molecule has 29 heavy (non-hydrogen) atoms. The third-order valence-electron chi connectivity index (χ3n) is 5.32. The van der Waals surface area contributed by atoms with Gasteiger partial charge in [0.05, 0.1) is 11.2 Å². The number of hydrogen-bond acceptors (Lipinski definition) is 1. The highest BCUT2D eigenvalue weighted by Crippen LogP contribution is 2.41. The van der Waals surface area contributed by atoms with Gasteiger partial charge >= 0.3 is 0 Å². The fourth-order valence-corrected chi connectivity index (χ4v) is 3.87. The molecule has 0 unspecified atom stereocenters. The Morgan fingerprint density at radius 1 is 0.828 bits per heavy atom. The summed E-state index contributed by atoms with van der Waals surface area (Å²) in [5.41, 5.74) is 5.73. The quantitative estimate of drug-likeness (QED) is 0.321. The van der Waals surface area contributed by atoms with E-state index in [1.54, 1.807) is 0 Å². The molecule has 0 radical (unpaired) electrons. The number of aromatic nitrogens is 1. The van der Waals surface area contributed by atoms with Gasteiger partial charge in [0.25, 0.3) is 5.91 Å². The summed E-state index contributed by atoms with van der Waals surface area (Å²) in [4.78, 5) is 13.6. The first kappa shape index (κ1) is 18.9. The standard InChI is InChI=1S/C27H25NO/c1-3-4-13-20(2)27(29)28-24-19-12-11-18-23(24)25(21-14-7-5-8-15-21)26(28)22-16-9-6-10-17-22/h5-12,14-19H,2-4,13H2,1H3. The third-order valence-corrected chi connectivity index (χ3v) is 5.32. The summed E-state index contributed by atoms with van der Waals surface area (Å²) < 4.78 is 1.87. The molecule has 0 N–H and O–H groups in total. The highest BCUT2D eigenvalue weighted by Gasteiger charge is 2.24. The fraction of sp³-hybridized carbons (Fsp3) is 0.148. The number of fused-ring (bicyclic) bond motifs is 1. The van der Waals surface area contributed by atoms with Gasteiger partial charge in [-0.2, -0.15) is 0 Å². The molecule has 0 aliphatic heterocycles. The van der Waals surface area contributed by atoms with Crippen LogP contribution in [0.2, 0.25) is 0 Å². The van der Waals surface area contributed by atoms with Crippen LogP contribution in [0, 0.1) is 0 Å². The van der Waals surface area contributed by atoms with Crippen LogP contribution in [0.25, 0.3) is 33.3 Å². The highest BCUT2D eigenvalue weighted by molar-refractivity contribution is 6.12. The molecular formula is C27H25NO. The number of benzene rings is 3. The van der Waals surface area contributed by atoms with Gasteiger partial charge in [-0.25, -0.2) is 0 Å². The van der Waals surface area contributed by atoms with Crippen molar-refractivity contribution in [2.75, 3.05) is 0 Å². The molecule has 4 rings (SSSR count). The zero-order valence-corrected chi connectivity index (χ0v) is 16.8. The zero-order chi connectivity index (χ0) is 20.2. The van der Waals surface area contributed by atoms with Gasteiger partial charge < -0.3 is 0 Å². The Hall–Kier alpha value is -3.39. The van der Waals surface area contributed by atoms with E-state index in [9.17, 15) is 4.79 Å². The minimum absolute atomic E-state index is 0.0179. The highest BCUT2D eigenvalue weighted by atomic mass is 16.2. The zero-order valence-electron chi connectivity index (χ0n) is 16.8.